The molecule has 0 aliphatic carbocycles. The van der Waals surface area contributed by atoms with Gasteiger partial charge in [-0.15, -0.1) is 0 Å². The number of benzene rings is 2. The second-order valence-corrected chi connectivity index (χ2v) is 11.1. The summed E-state index contributed by atoms with van der Waals surface area (Å²) in [5, 5.41) is 14.9. The Hall–Kier alpha value is -3.17. The molecule has 38 heavy (non-hydrogen) atoms. The number of carbonyl (C=O) groups is 1. The molecule has 1 amide bonds. The Bertz CT molecular complexity index is 1250. The molecule has 2 aromatic carbocycles. The summed E-state index contributed by atoms with van der Waals surface area (Å²) in [5.41, 5.74) is 7.26. The van der Waals surface area contributed by atoms with E-state index in [1.165, 1.54) is 6.92 Å². The topological polar surface area (TPSA) is 97.3 Å². The third-order valence-electron chi connectivity index (χ3n) is 6.44. The molecule has 0 fully saturated rings. The van der Waals surface area contributed by atoms with Gasteiger partial charge in [-0.1, -0.05) is 58.9 Å². The van der Waals surface area contributed by atoms with Gasteiger partial charge in [0.05, 0.1) is 18.2 Å². The fourth-order valence-electron chi connectivity index (χ4n) is 4.54. The van der Waals surface area contributed by atoms with Gasteiger partial charge in [-0.25, -0.2) is 18.4 Å². The second-order valence-electron chi connectivity index (χ2n) is 11.1. The van der Waals surface area contributed by atoms with Gasteiger partial charge < -0.3 is 15.7 Å². The number of carbonyl (C=O) groups excluding carboxylic acids is 1. The van der Waals surface area contributed by atoms with E-state index in [0.29, 0.717) is 37.8 Å². The molecule has 0 saturated carbocycles. The van der Waals surface area contributed by atoms with Crippen molar-refractivity contribution in [3.8, 4) is 11.4 Å². The predicted octanol–water partition coefficient (Wildman–Crippen LogP) is 5.04. The molecule has 0 saturated heterocycles. The minimum atomic E-state index is -1.24. The van der Waals surface area contributed by atoms with Crippen molar-refractivity contribution in [2.75, 3.05) is 13.1 Å². The lowest BCUT2D eigenvalue weighted by Gasteiger charge is -2.40. The maximum atomic E-state index is 14.8. The first-order chi connectivity index (χ1) is 17.8. The standard InChI is InChI=1S/C29H39F2N5O2/c1-18(2)21-10-7-9-20(15-21)17-36-27(33-26(34-36)23-16-22(30)11-12-24(23)31)25(29(4,5)6)35(14-8-13-32)28(38)19(3)37/h7,9-12,15-16,18-19,25,37H,8,13-14,17,32H2,1-6H3/t19-,25-/m0/s1. The molecule has 2 atom stereocenters. The van der Waals surface area contributed by atoms with E-state index in [1.807, 2.05) is 32.9 Å². The Kier molecular flexibility index (Phi) is 9.38. The molecule has 0 radical (unpaired) electrons. The van der Waals surface area contributed by atoms with E-state index in [2.05, 4.69) is 31.1 Å². The SMILES string of the molecule is CC(C)c1cccc(Cn2nc(-c3cc(F)ccc3F)nc2[C@H](N(CCCN)C(=O)[C@H](C)O)C(C)(C)C)c1. The molecule has 206 valence electrons. The molecule has 0 unspecified atom stereocenters. The minimum Gasteiger partial charge on any atom is -0.384 e. The van der Waals surface area contributed by atoms with Gasteiger partial charge in [-0.2, -0.15) is 5.10 Å². The van der Waals surface area contributed by atoms with Gasteiger partial charge in [0.15, 0.2) is 11.6 Å². The van der Waals surface area contributed by atoms with E-state index in [9.17, 15) is 18.7 Å². The number of aliphatic hydroxyl groups is 1. The van der Waals surface area contributed by atoms with Crippen molar-refractivity contribution in [1.29, 1.82) is 0 Å². The molecular weight excluding hydrogens is 488 g/mol. The first-order valence-corrected chi connectivity index (χ1v) is 13.0. The highest BCUT2D eigenvalue weighted by Gasteiger charge is 2.39. The molecule has 0 aliphatic heterocycles. The summed E-state index contributed by atoms with van der Waals surface area (Å²) in [6.45, 7) is 12.5. The van der Waals surface area contributed by atoms with Gasteiger partial charge in [0.2, 0.25) is 0 Å². The molecule has 0 spiro atoms. The van der Waals surface area contributed by atoms with Gasteiger partial charge in [0.25, 0.3) is 5.91 Å². The van der Waals surface area contributed by atoms with Crippen LogP contribution in [0.5, 0.6) is 0 Å². The van der Waals surface area contributed by atoms with E-state index >= 15 is 0 Å². The Balaban J connectivity index is 2.24. The van der Waals surface area contributed by atoms with Gasteiger partial charge in [-0.3, -0.25) is 4.79 Å². The first-order valence-electron chi connectivity index (χ1n) is 13.0. The number of nitrogens with two attached hydrogens (primary N) is 1. The zero-order valence-electron chi connectivity index (χ0n) is 23.1. The third kappa shape index (κ3) is 6.82. The highest BCUT2D eigenvalue weighted by molar-refractivity contribution is 5.80. The monoisotopic (exact) mass is 527 g/mol. The maximum Gasteiger partial charge on any atom is 0.251 e. The largest absolute Gasteiger partial charge is 0.384 e. The lowest BCUT2D eigenvalue weighted by Crippen LogP contribution is -2.47. The Labute approximate surface area is 223 Å². The smallest absolute Gasteiger partial charge is 0.251 e. The molecular formula is C29H39F2N5O2. The summed E-state index contributed by atoms with van der Waals surface area (Å²) >= 11 is 0. The minimum absolute atomic E-state index is 0.0227. The number of hydrogen-bond acceptors (Lipinski definition) is 5. The zero-order chi connectivity index (χ0) is 28.2. The van der Waals surface area contributed by atoms with Crippen LogP contribution in [0, 0.1) is 17.0 Å². The summed E-state index contributed by atoms with van der Waals surface area (Å²) in [6, 6.07) is 10.6. The van der Waals surface area contributed by atoms with Crippen LogP contribution in [0.25, 0.3) is 11.4 Å². The van der Waals surface area contributed by atoms with E-state index in [-0.39, 0.29) is 11.4 Å². The summed E-state index contributed by atoms with van der Waals surface area (Å²) < 4.78 is 30.5. The molecule has 0 bridgehead atoms. The van der Waals surface area contributed by atoms with Crippen LogP contribution in [0.1, 0.15) is 76.9 Å². The number of halogens is 2. The van der Waals surface area contributed by atoms with Gasteiger partial charge in [0, 0.05) is 6.54 Å². The summed E-state index contributed by atoms with van der Waals surface area (Å²) in [5.74, 6) is -0.964. The Morgan fingerprint density at radius 2 is 1.84 bits per heavy atom. The number of aromatic nitrogens is 3. The van der Waals surface area contributed by atoms with E-state index in [0.717, 1.165) is 29.3 Å². The van der Waals surface area contributed by atoms with Crippen molar-refractivity contribution in [3.63, 3.8) is 0 Å². The number of nitrogens with zero attached hydrogens (tertiary/aromatic N) is 4. The average molecular weight is 528 g/mol. The number of rotatable bonds is 10. The normalized spacial score (nSPS) is 13.6. The van der Waals surface area contributed by atoms with Gasteiger partial charge in [0.1, 0.15) is 17.7 Å². The fraction of sp³-hybridized carbons (Fsp3) is 0.483. The zero-order valence-corrected chi connectivity index (χ0v) is 23.1. The van der Waals surface area contributed by atoms with Gasteiger partial charge >= 0.3 is 0 Å². The molecule has 3 N–H and O–H groups in total. The second kappa shape index (κ2) is 12.1. The number of hydrogen-bond donors (Lipinski definition) is 2. The van der Waals surface area contributed by atoms with Crippen LogP contribution in [0.15, 0.2) is 42.5 Å². The molecule has 9 heteroatoms. The van der Waals surface area contributed by atoms with E-state index < -0.39 is 35.1 Å². The van der Waals surface area contributed by atoms with Crippen molar-refractivity contribution in [3.05, 3.63) is 71.1 Å². The quantitative estimate of drug-likeness (QED) is 0.385. The maximum absolute atomic E-state index is 14.8. The fourth-order valence-corrected chi connectivity index (χ4v) is 4.54. The highest BCUT2D eigenvalue weighted by atomic mass is 19.1. The predicted molar refractivity (Wildman–Crippen MR) is 144 cm³/mol. The van der Waals surface area contributed by atoms with Crippen molar-refractivity contribution < 1.29 is 18.7 Å². The third-order valence-corrected chi connectivity index (χ3v) is 6.44. The van der Waals surface area contributed by atoms with E-state index in [4.69, 9.17) is 10.7 Å². The average Bonchev–Trinajstić information content (AvgIpc) is 3.24. The van der Waals surface area contributed by atoms with Crippen LogP contribution < -0.4 is 5.73 Å². The van der Waals surface area contributed by atoms with Crippen LogP contribution in [0.2, 0.25) is 0 Å². The number of aliphatic hydroxyl groups excluding tert-OH is 1. The summed E-state index contributed by atoms with van der Waals surface area (Å²) in [7, 11) is 0. The lowest BCUT2D eigenvalue weighted by molar-refractivity contribution is -0.145. The molecule has 7 nitrogen and oxygen atoms in total. The Morgan fingerprint density at radius 1 is 1.13 bits per heavy atom. The van der Waals surface area contributed by atoms with E-state index in [1.54, 1.807) is 9.58 Å². The van der Waals surface area contributed by atoms with Crippen LogP contribution in [-0.4, -0.2) is 49.9 Å². The van der Waals surface area contributed by atoms with Crippen molar-refractivity contribution in [2.45, 2.75) is 72.6 Å². The molecule has 1 aromatic heterocycles. The molecule has 3 aromatic rings. The van der Waals surface area contributed by atoms with Crippen molar-refractivity contribution in [1.82, 2.24) is 19.7 Å². The summed E-state index contributed by atoms with van der Waals surface area (Å²) in [4.78, 5) is 19.5. The first kappa shape index (κ1) is 29.4. The van der Waals surface area contributed by atoms with Crippen LogP contribution in [0.4, 0.5) is 8.78 Å². The van der Waals surface area contributed by atoms with Crippen LogP contribution >= 0.6 is 0 Å². The van der Waals surface area contributed by atoms with Gasteiger partial charge in [-0.05, 0) is 60.5 Å². The lowest BCUT2D eigenvalue weighted by atomic mass is 9.84. The Morgan fingerprint density at radius 3 is 2.45 bits per heavy atom. The molecule has 3 rings (SSSR count). The number of amides is 1. The van der Waals surface area contributed by atoms with Crippen molar-refractivity contribution >= 4 is 5.91 Å². The van der Waals surface area contributed by atoms with Crippen molar-refractivity contribution in [2.24, 2.45) is 11.1 Å². The molecule has 0 aliphatic rings. The van der Waals surface area contributed by atoms with Crippen LogP contribution in [-0.2, 0) is 11.3 Å². The summed E-state index contributed by atoms with van der Waals surface area (Å²) in [6.07, 6.45) is -0.724. The van der Waals surface area contributed by atoms with Crippen LogP contribution in [0.3, 0.4) is 0 Å². The highest BCUT2D eigenvalue weighted by Crippen LogP contribution is 2.39. The molecule has 1 heterocycles.